The van der Waals surface area contributed by atoms with Gasteiger partial charge >= 0.3 is 0 Å². The molecule has 3 aromatic rings. The lowest BCUT2D eigenvalue weighted by atomic mass is 10.1. The van der Waals surface area contributed by atoms with E-state index in [4.69, 9.17) is 0 Å². The molecule has 2 aromatic carbocycles. The molecule has 0 spiro atoms. The van der Waals surface area contributed by atoms with Crippen molar-refractivity contribution in [2.24, 2.45) is 0 Å². The Hall–Kier alpha value is -2.52. The van der Waals surface area contributed by atoms with E-state index in [1.54, 1.807) is 11.3 Å². The van der Waals surface area contributed by atoms with Crippen LogP contribution in [0.3, 0.4) is 0 Å². The van der Waals surface area contributed by atoms with Crippen molar-refractivity contribution in [3.05, 3.63) is 80.8 Å². The van der Waals surface area contributed by atoms with Crippen molar-refractivity contribution >= 4 is 35.6 Å². The van der Waals surface area contributed by atoms with Crippen LogP contribution in [0.25, 0.3) is 24.3 Å². The molecular formula is C20H18N2S. The minimum absolute atomic E-state index is 0.911. The monoisotopic (exact) mass is 318 g/mol. The van der Waals surface area contributed by atoms with Crippen LogP contribution in [0, 0.1) is 13.8 Å². The summed E-state index contributed by atoms with van der Waals surface area (Å²) in [6, 6.07) is 16.8. The summed E-state index contributed by atoms with van der Waals surface area (Å²) in [7, 11) is 0. The lowest BCUT2D eigenvalue weighted by Gasteiger charge is -1.93. The van der Waals surface area contributed by atoms with E-state index in [2.05, 4.69) is 84.7 Å². The maximum absolute atomic E-state index is 4.21. The molecular weight excluding hydrogens is 300 g/mol. The van der Waals surface area contributed by atoms with Crippen LogP contribution in [-0.4, -0.2) is 10.2 Å². The first kappa shape index (κ1) is 15.4. The molecule has 23 heavy (non-hydrogen) atoms. The number of aryl methyl sites for hydroxylation is 2. The molecule has 0 fully saturated rings. The lowest BCUT2D eigenvalue weighted by Crippen LogP contribution is -1.75. The third-order valence-electron chi connectivity index (χ3n) is 3.45. The quantitative estimate of drug-likeness (QED) is 0.635. The molecule has 0 aliphatic heterocycles. The summed E-state index contributed by atoms with van der Waals surface area (Å²) < 4.78 is 0. The van der Waals surface area contributed by atoms with Crippen molar-refractivity contribution in [2.45, 2.75) is 13.8 Å². The zero-order valence-electron chi connectivity index (χ0n) is 13.2. The fourth-order valence-corrected chi connectivity index (χ4v) is 2.72. The molecule has 0 atom stereocenters. The summed E-state index contributed by atoms with van der Waals surface area (Å²) in [5.41, 5.74) is 4.87. The second-order valence-corrected chi connectivity index (χ2v) is 6.51. The molecule has 0 saturated heterocycles. The molecule has 0 amide bonds. The van der Waals surface area contributed by atoms with Crippen molar-refractivity contribution in [1.29, 1.82) is 0 Å². The smallest absolute Gasteiger partial charge is 0.139 e. The van der Waals surface area contributed by atoms with Gasteiger partial charge in [0.2, 0.25) is 0 Å². The molecule has 3 heteroatoms. The van der Waals surface area contributed by atoms with Gasteiger partial charge in [-0.15, -0.1) is 10.2 Å². The van der Waals surface area contributed by atoms with Crippen LogP contribution in [0.5, 0.6) is 0 Å². The van der Waals surface area contributed by atoms with Crippen LogP contribution in [0.4, 0.5) is 0 Å². The van der Waals surface area contributed by atoms with E-state index in [1.165, 1.54) is 22.3 Å². The van der Waals surface area contributed by atoms with Crippen LogP contribution in [0.2, 0.25) is 0 Å². The van der Waals surface area contributed by atoms with Gasteiger partial charge < -0.3 is 0 Å². The SMILES string of the molecule is Cc1ccc(/C=C/c2nnc(/C=C/c3ccc(C)cc3)s2)cc1. The summed E-state index contributed by atoms with van der Waals surface area (Å²) in [6.07, 6.45) is 8.14. The Morgan fingerprint density at radius 2 is 1.00 bits per heavy atom. The first-order chi connectivity index (χ1) is 11.2. The lowest BCUT2D eigenvalue weighted by molar-refractivity contribution is 1.07. The summed E-state index contributed by atoms with van der Waals surface area (Å²) in [6.45, 7) is 4.18. The molecule has 3 rings (SSSR count). The van der Waals surface area contributed by atoms with E-state index in [9.17, 15) is 0 Å². The summed E-state index contributed by atoms with van der Waals surface area (Å²) in [4.78, 5) is 0. The molecule has 0 bridgehead atoms. The van der Waals surface area contributed by atoms with Crippen LogP contribution >= 0.6 is 11.3 Å². The molecule has 0 N–H and O–H groups in total. The second-order valence-electron chi connectivity index (χ2n) is 5.47. The number of benzene rings is 2. The summed E-state index contributed by atoms with van der Waals surface area (Å²) in [5.74, 6) is 0. The van der Waals surface area contributed by atoms with Crippen molar-refractivity contribution in [3.8, 4) is 0 Å². The first-order valence-electron chi connectivity index (χ1n) is 7.52. The van der Waals surface area contributed by atoms with Gasteiger partial charge in [0.1, 0.15) is 10.0 Å². The van der Waals surface area contributed by atoms with E-state index in [0.29, 0.717) is 0 Å². The Labute approximate surface area is 140 Å². The molecule has 2 nitrogen and oxygen atoms in total. The minimum atomic E-state index is 0.911. The van der Waals surface area contributed by atoms with Gasteiger partial charge in [0, 0.05) is 0 Å². The Morgan fingerprint density at radius 1 is 0.609 bits per heavy atom. The second kappa shape index (κ2) is 7.16. The van der Waals surface area contributed by atoms with Gasteiger partial charge in [-0.2, -0.15) is 0 Å². The van der Waals surface area contributed by atoms with Crippen molar-refractivity contribution < 1.29 is 0 Å². The Bertz CT molecular complexity index is 755. The van der Waals surface area contributed by atoms with Gasteiger partial charge in [0.15, 0.2) is 0 Å². The van der Waals surface area contributed by atoms with Gasteiger partial charge in [0.05, 0.1) is 0 Å². The number of aromatic nitrogens is 2. The van der Waals surface area contributed by atoms with E-state index in [1.807, 2.05) is 12.2 Å². The van der Waals surface area contributed by atoms with Gasteiger partial charge in [0.25, 0.3) is 0 Å². The zero-order chi connectivity index (χ0) is 16.1. The van der Waals surface area contributed by atoms with E-state index in [0.717, 1.165) is 10.0 Å². The first-order valence-corrected chi connectivity index (χ1v) is 8.34. The normalized spacial score (nSPS) is 11.6. The maximum atomic E-state index is 4.21. The highest BCUT2D eigenvalue weighted by atomic mass is 32.1. The Morgan fingerprint density at radius 3 is 1.39 bits per heavy atom. The van der Waals surface area contributed by atoms with Crippen molar-refractivity contribution in [3.63, 3.8) is 0 Å². The third-order valence-corrected chi connectivity index (χ3v) is 4.30. The molecule has 0 aliphatic carbocycles. The van der Waals surface area contributed by atoms with E-state index >= 15 is 0 Å². The van der Waals surface area contributed by atoms with Gasteiger partial charge in [-0.05, 0) is 37.1 Å². The van der Waals surface area contributed by atoms with Gasteiger partial charge in [-0.1, -0.05) is 83.1 Å². The van der Waals surface area contributed by atoms with Crippen LogP contribution in [-0.2, 0) is 0 Å². The predicted molar refractivity (Wildman–Crippen MR) is 100 cm³/mol. The Kier molecular flexibility index (Phi) is 4.79. The number of rotatable bonds is 4. The van der Waals surface area contributed by atoms with Crippen LogP contribution in [0.1, 0.15) is 32.3 Å². The van der Waals surface area contributed by atoms with Crippen LogP contribution < -0.4 is 0 Å². The molecule has 0 aliphatic rings. The predicted octanol–water partition coefficient (Wildman–Crippen LogP) is 5.50. The van der Waals surface area contributed by atoms with Gasteiger partial charge in [-0.3, -0.25) is 0 Å². The topological polar surface area (TPSA) is 25.8 Å². The molecule has 0 unspecified atom stereocenters. The number of hydrogen-bond donors (Lipinski definition) is 0. The largest absolute Gasteiger partial charge is 0.140 e. The summed E-state index contributed by atoms with van der Waals surface area (Å²) in [5, 5.41) is 10.2. The van der Waals surface area contributed by atoms with Crippen molar-refractivity contribution in [1.82, 2.24) is 10.2 Å². The fraction of sp³-hybridized carbons (Fsp3) is 0.100. The molecule has 114 valence electrons. The Balaban J connectivity index is 1.68. The molecule has 0 saturated carbocycles. The summed E-state index contributed by atoms with van der Waals surface area (Å²) >= 11 is 1.58. The molecule has 0 radical (unpaired) electrons. The average molecular weight is 318 g/mol. The highest BCUT2D eigenvalue weighted by molar-refractivity contribution is 7.13. The third kappa shape index (κ3) is 4.47. The van der Waals surface area contributed by atoms with E-state index in [-0.39, 0.29) is 0 Å². The number of nitrogens with zero attached hydrogens (tertiary/aromatic N) is 2. The van der Waals surface area contributed by atoms with E-state index < -0.39 is 0 Å². The average Bonchev–Trinajstić information content (AvgIpc) is 3.02. The van der Waals surface area contributed by atoms with Gasteiger partial charge in [-0.25, -0.2) is 0 Å². The number of hydrogen-bond acceptors (Lipinski definition) is 3. The minimum Gasteiger partial charge on any atom is -0.139 e. The van der Waals surface area contributed by atoms with Crippen molar-refractivity contribution in [2.75, 3.05) is 0 Å². The standard InChI is InChI=1S/C20H18N2S/c1-15-3-7-17(8-4-15)11-13-19-21-22-20(23-19)14-12-18-9-5-16(2)6-10-18/h3-14H,1-2H3/b13-11+,14-12+. The zero-order valence-corrected chi connectivity index (χ0v) is 14.0. The highest BCUT2D eigenvalue weighted by Crippen LogP contribution is 2.16. The van der Waals surface area contributed by atoms with Crippen LogP contribution in [0.15, 0.2) is 48.5 Å². The fourth-order valence-electron chi connectivity index (χ4n) is 2.07. The highest BCUT2D eigenvalue weighted by Gasteiger charge is 1.98. The molecule has 1 aromatic heterocycles. The maximum Gasteiger partial charge on any atom is 0.140 e. The molecule has 1 heterocycles.